The van der Waals surface area contributed by atoms with Crippen LogP contribution in [0.3, 0.4) is 0 Å². The van der Waals surface area contributed by atoms with E-state index >= 15 is 0 Å². The summed E-state index contributed by atoms with van der Waals surface area (Å²) >= 11 is 15.6. The Hall–Kier alpha value is -0.580. The molecule has 1 heterocycles. The van der Waals surface area contributed by atoms with E-state index in [0.29, 0.717) is 10.0 Å². The molecule has 0 aliphatic heterocycles. The number of alkyl halides is 1. The van der Waals surface area contributed by atoms with E-state index in [1.54, 1.807) is 10.7 Å². The molecule has 1 aromatic carbocycles. The maximum atomic E-state index is 6.12. The van der Waals surface area contributed by atoms with Gasteiger partial charge in [-0.25, -0.2) is 4.68 Å². The van der Waals surface area contributed by atoms with Gasteiger partial charge in [-0.05, 0) is 18.6 Å². The zero-order chi connectivity index (χ0) is 12.4. The molecule has 6 heteroatoms. The van der Waals surface area contributed by atoms with Crippen LogP contribution in [0.25, 0.3) is 5.69 Å². The highest BCUT2D eigenvalue weighted by atomic mass is 79.9. The first-order valence-corrected chi connectivity index (χ1v) is 6.81. The fourth-order valence-corrected chi connectivity index (χ4v) is 2.01. The van der Waals surface area contributed by atoms with E-state index in [0.717, 1.165) is 17.8 Å². The first-order valence-electron chi connectivity index (χ1n) is 5.14. The summed E-state index contributed by atoms with van der Waals surface area (Å²) in [6, 6.07) is 5.42. The van der Waals surface area contributed by atoms with E-state index in [1.165, 1.54) is 0 Å². The molecule has 0 amide bonds. The standard InChI is InChI=1S/C11H10BrCl2N3/c1-2-7(12)9-6-17(16-15-9)10-5-3-4-8(13)11(10)14/h3-7H,2H2,1H3. The summed E-state index contributed by atoms with van der Waals surface area (Å²) in [5.74, 6) is 0. The number of nitrogens with zero attached hydrogens (tertiary/aromatic N) is 3. The number of aromatic nitrogens is 3. The van der Waals surface area contributed by atoms with Crippen LogP contribution in [0.15, 0.2) is 24.4 Å². The van der Waals surface area contributed by atoms with E-state index in [9.17, 15) is 0 Å². The first kappa shape index (κ1) is 12.9. The Morgan fingerprint density at radius 2 is 2.18 bits per heavy atom. The molecule has 0 bridgehead atoms. The molecule has 3 nitrogen and oxygen atoms in total. The van der Waals surface area contributed by atoms with Crippen LogP contribution in [0.4, 0.5) is 0 Å². The summed E-state index contributed by atoms with van der Waals surface area (Å²) in [5.41, 5.74) is 1.61. The van der Waals surface area contributed by atoms with Gasteiger partial charge in [-0.15, -0.1) is 5.10 Å². The molecule has 0 fully saturated rings. The fourth-order valence-electron chi connectivity index (χ4n) is 1.42. The quantitative estimate of drug-likeness (QED) is 0.778. The minimum Gasteiger partial charge on any atom is -0.219 e. The molecule has 2 aromatic rings. The molecule has 1 unspecified atom stereocenters. The SMILES string of the molecule is CCC(Br)c1cn(-c2cccc(Cl)c2Cl)nn1. The largest absolute Gasteiger partial charge is 0.219 e. The maximum Gasteiger partial charge on any atom is 0.0967 e. The second kappa shape index (κ2) is 5.38. The number of hydrogen-bond donors (Lipinski definition) is 0. The maximum absolute atomic E-state index is 6.12. The van der Waals surface area contributed by atoms with Gasteiger partial charge in [-0.1, -0.05) is 57.3 Å². The summed E-state index contributed by atoms with van der Waals surface area (Å²) < 4.78 is 1.63. The lowest BCUT2D eigenvalue weighted by Crippen LogP contribution is -1.95. The molecule has 0 saturated carbocycles. The van der Waals surface area contributed by atoms with Crippen LogP contribution in [0.2, 0.25) is 10.0 Å². The predicted octanol–water partition coefficient (Wildman–Crippen LogP) is 4.42. The van der Waals surface area contributed by atoms with Crippen LogP contribution in [-0.2, 0) is 0 Å². The molecule has 0 spiro atoms. The smallest absolute Gasteiger partial charge is 0.0967 e. The average Bonchev–Trinajstić information content (AvgIpc) is 2.81. The molecule has 0 radical (unpaired) electrons. The van der Waals surface area contributed by atoms with Crippen molar-refractivity contribution < 1.29 is 0 Å². The Morgan fingerprint density at radius 1 is 1.41 bits per heavy atom. The molecule has 2 rings (SSSR count). The lowest BCUT2D eigenvalue weighted by atomic mass is 10.3. The van der Waals surface area contributed by atoms with Crippen molar-refractivity contribution in [2.24, 2.45) is 0 Å². The predicted molar refractivity (Wildman–Crippen MR) is 73.3 cm³/mol. The third-order valence-electron chi connectivity index (χ3n) is 2.37. The lowest BCUT2D eigenvalue weighted by Gasteiger charge is -2.04. The molecule has 0 saturated heterocycles. The van der Waals surface area contributed by atoms with Gasteiger partial charge in [0.15, 0.2) is 0 Å². The monoisotopic (exact) mass is 333 g/mol. The van der Waals surface area contributed by atoms with Crippen molar-refractivity contribution in [3.8, 4) is 5.69 Å². The van der Waals surface area contributed by atoms with E-state index in [-0.39, 0.29) is 4.83 Å². The number of halogens is 3. The molecular weight excluding hydrogens is 325 g/mol. The van der Waals surface area contributed by atoms with Gasteiger partial charge in [0.05, 0.1) is 32.5 Å². The zero-order valence-corrected chi connectivity index (χ0v) is 12.2. The molecule has 0 aliphatic rings. The van der Waals surface area contributed by atoms with Crippen LogP contribution in [0.5, 0.6) is 0 Å². The molecule has 17 heavy (non-hydrogen) atoms. The molecule has 1 aromatic heterocycles. The van der Waals surface area contributed by atoms with Gasteiger partial charge in [-0.2, -0.15) is 0 Å². The molecule has 0 aliphatic carbocycles. The van der Waals surface area contributed by atoms with Gasteiger partial charge in [0.1, 0.15) is 0 Å². The molecule has 0 N–H and O–H groups in total. The summed E-state index contributed by atoms with van der Waals surface area (Å²) in [5, 5.41) is 9.14. The number of benzene rings is 1. The van der Waals surface area contributed by atoms with Gasteiger partial charge >= 0.3 is 0 Å². The highest BCUT2D eigenvalue weighted by Gasteiger charge is 2.12. The first-order chi connectivity index (χ1) is 8.13. The highest BCUT2D eigenvalue weighted by molar-refractivity contribution is 9.09. The second-order valence-electron chi connectivity index (χ2n) is 3.54. The van der Waals surface area contributed by atoms with Crippen LogP contribution in [-0.4, -0.2) is 15.0 Å². The molecular formula is C11H10BrCl2N3. The normalized spacial score (nSPS) is 12.7. The minimum atomic E-state index is 0.203. The highest BCUT2D eigenvalue weighted by Crippen LogP contribution is 2.29. The van der Waals surface area contributed by atoms with Gasteiger partial charge in [-0.3, -0.25) is 0 Å². The van der Waals surface area contributed by atoms with Crippen molar-refractivity contribution in [3.63, 3.8) is 0 Å². The van der Waals surface area contributed by atoms with Crippen LogP contribution < -0.4 is 0 Å². The van der Waals surface area contributed by atoms with E-state index in [4.69, 9.17) is 23.2 Å². The summed E-state index contributed by atoms with van der Waals surface area (Å²) in [6.45, 7) is 2.07. The van der Waals surface area contributed by atoms with E-state index < -0.39 is 0 Å². The third-order valence-corrected chi connectivity index (χ3v) is 4.29. The van der Waals surface area contributed by atoms with Crippen molar-refractivity contribution in [1.29, 1.82) is 0 Å². The van der Waals surface area contributed by atoms with Gasteiger partial charge in [0, 0.05) is 0 Å². The van der Waals surface area contributed by atoms with Crippen molar-refractivity contribution in [2.75, 3.05) is 0 Å². The third kappa shape index (κ3) is 2.64. The van der Waals surface area contributed by atoms with Crippen molar-refractivity contribution in [1.82, 2.24) is 15.0 Å². The Kier molecular flexibility index (Phi) is 4.07. The number of rotatable bonds is 3. The Labute approximate surface area is 118 Å². The summed E-state index contributed by atoms with van der Waals surface area (Å²) in [6.07, 6.45) is 2.79. The van der Waals surface area contributed by atoms with Crippen LogP contribution >= 0.6 is 39.1 Å². The summed E-state index contributed by atoms with van der Waals surface area (Å²) in [4.78, 5) is 0.203. The van der Waals surface area contributed by atoms with Crippen molar-refractivity contribution in [2.45, 2.75) is 18.2 Å². The number of hydrogen-bond acceptors (Lipinski definition) is 2. The van der Waals surface area contributed by atoms with E-state index in [2.05, 4.69) is 33.2 Å². The van der Waals surface area contributed by atoms with Crippen molar-refractivity contribution in [3.05, 3.63) is 40.1 Å². The summed E-state index contributed by atoms with van der Waals surface area (Å²) in [7, 11) is 0. The van der Waals surface area contributed by atoms with Crippen LogP contribution in [0.1, 0.15) is 23.9 Å². The van der Waals surface area contributed by atoms with Crippen molar-refractivity contribution >= 4 is 39.1 Å². The van der Waals surface area contributed by atoms with Gasteiger partial charge in [0.25, 0.3) is 0 Å². The fraction of sp³-hybridized carbons (Fsp3) is 0.273. The Balaban J connectivity index is 2.40. The average molecular weight is 335 g/mol. The van der Waals surface area contributed by atoms with E-state index in [1.807, 2.05) is 18.3 Å². The Morgan fingerprint density at radius 3 is 2.88 bits per heavy atom. The molecule has 1 atom stereocenters. The molecule has 90 valence electrons. The van der Waals surface area contributed by atoms with Crippen LogP contribution in [0, 0.1) is 0 Å². The van der Waals surface area contributed by atoms with Gasteiger partial charge < -0.3 is 0 Å². The minimum absolute atomic E-state index is 0.203. The van der Waals surface area contributed by atoms with Gasteiger partial charge in [0.2, 0.25) is 0 Å². The Bertz CT molecular complexity index is 527. The topological polar surface area (TPSA) is 30.7 Å². The lowest BCUT2D eigenvalue weighted by molar-refractivity contribution is 0.790. The zero-order valence-electron chi connectivity index (χ0n) is 9.07. The second-order valence-corrected chi connectivity index (χ2v) is 5.43.